The summed E-state index contributed by atoms with van der Waals surface area (Å²) in [6, 6.07) is 7.45. The van der Waals surface area contributed by atoms with Crippen LogP contribution >= 0.6 is 0 Å². The average molecular weight is 551 g/mol. The first kappa shape index (κ1) is 32.0. The van der Waals surface area contributed by atoms with Gasteiger partial charge in [-0.15, -0.1) is 6.58 Å². The van der Waals surface area contributed by atoms with E-state index in [1.54, 1.807) is 36.8 Å². The van der Waals surface area contributed by atoms with Crippen molar-refractivity contribution in [1.29, 1.82) is 0 Å². The SMILES string of the molecule is C=CCO[C@H]1CCN(C(=O)c2ccncc2)[C@H]1Cc1cccnc1.O=C(O)C(F)(F)F.O=C(O)C(F)(F)F. The zero-order chi connectivity index (χ0) is 28.9. The largest absolute Gasteiger partial charge is 0.490 e. The second-order valence-electron chi connectivity index (χ2n) is 7.42. The van der Waals surface area contributed by atoms with Gasteiger partial charge in [0.05, 0.1) is 18.8 Å². The lowest BCUT2D eigenvalue weighted by molar-refractivity contribution is -0.193. The van der Waals surface area contributed by atoms with Crippen LogP contribution in [0.4, 0.5) is 26.3 Å². The van der Waals surface area contributed by atoms with E-state index >= 15 is 0 Å². The fourth-order valence-electron chi connectivity index (χ4n) is 3.13. The number of carboxylic acid groups (broad SMARTS) is 2. The van der Waals surface area contributed by atoms with Crippen molar-refractivity contribution in [2.24, 2.45) is 0 Å². The molecule has 3 heterocycles. The highest BCUT2D eigenvalue weighted by Gasteiger charge is 2.39. The van der Waals surface area contributed by atoms with Crippen molar-refractivity contribution in [3.05, 3.63) is 72.8 Å². The quantitative estimate of drug-likeness (QED) is 0.410. The minimum Gasteiger partial charge on any atom is -0.475 e. The third-order valence-corrected chi connectivity index (χ3v) is 4.75. The van der Waals surface area contributed by atoms with Crippen LogP contribution in [0.1, 0.15) is 22.3 Å². The number of hydrogen-bond acceptors (Lipinski definition) is 6. The highest BCUT2D eigenvalue weighted by molar-refractivity contribution is 5.94. The zero-order valence-electron chi connectivity index (χ0n) is 19.5. The molecule has 0 bridgehead atoms. The summed E-state index contributed by atoms with van der Waals surface area (Å²) < 4.78 is 69.4. The first-order valence-corrected chi connectivity index (χ1v) is 10.6. The summed E-state index contributed by atoms with van der Waals surface area (Å²) in [5.74, 6) is -5.49. The maximum atomic E-state index is 12.9. The van der Waals surface area contributed by atoms with E-state index in [2.05, 4.69) is 16.5 Å². The molecule has 0 radical (unpaired) electrons. The summed E-state index contributed by atoms with van der Waals surface area (Å²) in [7, 11) is 0. The molecule has 2 N–H and O–H groups in total. The molecule has 2 aromatic heterocycles. The Kier molecular flexibility index (Phi) is 12.4. The van der Waals surface area contributed by atoms with E-state index in [-0.39, 0.29) is 18.1 Å². The van der Waals surface area contributed by atoms with Gasteiger partial charge in [-0.05, 0) is 36.6 Å². The Morgan fingerprint density at radius 2 is 1.55 bits per heavy atom. The van der Waals surface area contributed by atoms with E-state index in [1.165, 1.54) is 0 Å². The number of alkyl halides is 6. The van der Waals surface area contributed by atoms with Crippen molar-refractivity contribution in [3.8, 4) is 0 Å². The first-order valence-electron chi connectivity index (χ1n) is 10.6. The van der Waals surface area contributed by atoms with Crippen LogP contribution in [-0.4, -0.2) is 80.6 Å². The molecule has 38 heavy (non-hydrogen) atoms. The fourth-order valence-corrected chi connectivity index (χ4v) is 3.13. The van der Waals surface area contributed by atoms with Gasteiger partial charge in [-0.2, -0.15) is 26.3 Å². The van der Waals surface area contributed by atoms with Gasteiger partial charge >= 0.3 is 24.3 Å². The molecule has 208 valence electrons. The summed E-state index contributed by atoms with van der Waals surface area (Å²) >= 11 is 0. The summed E-state index contributed by atoms with van der Waals surface area (Å²) in [4.78, 5) is 40.7. The number of aliphatic carboxylic acids is 2. The monoisotopic (exact) mass is 551 g/mol. The number of pyridine rings is 2. The molecule has 9 nitrogen and oxygen atoms in total. The fraction of sp³-hybridized carbons (Fsp3) is 0.348. The molecule has 1 saturated heterocycles. The Morgan fingerprint density at radius 1 is 1.00 bits per heavy atom. The number of carbonyl (C=O) groups is 3. The number of ether oxygens (including phenoxy) is 1. The van der Waals surface area contributed by atoms with Crippen LogP contribution < -0.4 is 0 Å². The Morgan fingerprint density at radius 3 is 2.00 bits per heavy atom. The first-order chi connectivity index (χ1) is 17.7. The zero-order valence-corrected chi connectivity index (χ0v) is 19.5. The lowest BCUT2D eigenvalue weighted by Crippen LogP contribution is -2.42. The highest BCUT2D eigenvalue weighted by atomic mass is 19.4. The van der Waals surface area contributed by atoms with Crippen LogP contribution in [0.15, 0.2) is 61.7 Å². The Bertz CT molecular complexity index is 1030. The van der Waals surface area contributed by atoms with Crippen molar-refractivity contribution in [2.75, 3.05) is 13.2 Å². The Balaban J connectivity index is 0.000000426. The number of halogens is 6. The molecule has 0 spiro atoms. The van der Waals surface area contributed by atoms with E-state index in [4.69, 9.17) is 24.5 Å². The third kappa shape index (κ3) is 10.9. The summed E-state index contributed by atoms with van der Waals surface area (Å²) in [5.41, 5.74) is 1.76. The van der Waals surface area contributed by atoms with Gasteiger partial charge in [0.15, 0.2) is 0 Å². The van der Waals surface area contributed by atoms with Crippen molar-refractivity contribution in [2.45, 2.75) is 37.3 Å². The molecular formula is C23H23F6N3O6. The standard InChI is InChI=1S/C19H21N3O2.2C2HF3O2/c1-2-12-24-18-7-11-22(19(23)16-5-9-20-10-6-16)17(18)13-15-4-3-8-21-14-15;2*3-2(4,5)1(6)7/h2-6,8-10,14,17-18H,1,7,11-13H2;2*(H,6,7)/t17-,18-;;/m0../s1. The van der Waals surface area contributed by atoms with Crippen LogP contribution in [-0.2, 0) is 20.7 Å². The van der Waals surface area contributed by atoms with Crippen LogP contribution in [0.25, 0.3) is 0 Å². The van der Waals surface area contributed by atoms with Crippen molar-refractivity contribution < 1.29 is 55.7 Å². The third-order valence-electron chi connectivity index (χ3n) is 4.75. The second kappa shape index (κ2) is 14.7. The van der Waals surface area contributed by atoms with E-state index in [9.17, 15) is 31.1 Å². The van der Waals surface area contributed by atoms with Crippen LogP contribution in [0.3, 0.4) is 0 Å². The molecule has 0 aliphatic carbocycles. The van der Waals surface area contributed by atoms with Gasteiger partial charge in [0.2, 0.25) is 0 Å². The number of hydrogen-bond donors (Lipinski definition) is 2. The molecule has 3 rings (SSSR count). The number of aromatic nitrogens is 2. The number of carboxylic acids is 2. The van der Waals surface area contributed by atoms with Crippen LogP contribution in [0, 0.1) is 0 Å². The maximum absolute atomic E-state index is 12.9. The normalized spacial score (nSPS) is 16.8. The number of rotatable bonds is 6. The molecule has 0 saturated carbocycles. The molecule has 2 atom stereocenters. The highest BCUT2D eigenvalue weighted by Crippen LogP contribution is 2.26. The minimum atomic E-state index is -5.08. The lowest BCUT2D eigenvalue weighted by atomic mass is 10.0. The molecule has 1 fully saturated rings. The van der Waals surface area contributed by atoms with E-state index in [1.807, 2.05) is 23.2 Å². The molecule has 0 unspecified atom stereocenters. The van der Waals surface area contributed by atoms with E-state index in [0.717, 1.165) is 18.4 Å². The topological polar surface area (TPSA) is 130 Å². The van der Waals surface area contributed by atoms with Crippen LogP contribution in [0.2, 0.25) is 0 Å². The lowest BCUT2D eigenvalue weighted by Gasteiger charge is -2.28. The molecular weight excluding hydrogens is 528 g/mol. The van der Waals surface area contributed by atoms with Gasteiger partial charge in [-0.3, -0.25) is 14.8 Å². The summed E-state index contributed by atoms with van der Waals surface area (Å²) in [5, 5.41) is 14.2. The molecule has 0 aromatic carbocycles. The molecule has 1 aliphatic rings. The Hall–Kier alpha value is -4.01. The Labute approximate surface area is 212 Å². The average Bonchev–Trinajstić information content (AvgIpc) is 3.25. The van der Waals surface area contributed by atoms with Gasteiger partial charge in [-0.25, -0.2) is 9.59 Å². The van der Waals surface area contributed by atoms with E-state index < -0.39 is 24.3 Å². The predicted octanol–water partition coefficient (Wildman–Crippen LogP) is 3.77. The summed E-state index contributed by atoms with van der Waals surface area (Å²) in [6.45, 7) is 4.89. The number of likely N-dealkylation sites (tertiary alicyclic amines) is 1. The van der Waals surface area contributed by atoms with Crippen molar-refractivity contribution in [3.63, 3.8) is 0 Å². The number of amides is 1. The van der Waals surface area contributed by atoms with Gasteiger partial charge in [0, 0.05) is 36.9 Å². The van der Waals surface area contributed by atoms with Gasteiger partial charge in [-0.1, -0.05) is 12.1 Å². The van der Waals surface area contributed by atoms with Crippen molar-refractivity contribution >= 4 is 17.8 Å². The second-order valence-corrected chi connectivity index (χ2v) is 7.42. The minimum absolute atomic E-state index is 0.00480. The number of carbonyl (C=O) groups excluding carboxylic acids is 1. The van der Waals surface area contributed by atoms with Crippen LogP contribution in [0.5, 0.6) is 0 Å². The number of nitrogens with zero attached hydrogens (tertiary/aromatic N) is 3. The molecule has 1 aliphatic heterocycles. The maximum Gasteiger partial charge on any atom is 0.490 e. The van der Waals surface area contributed by atoms with E-state index in [0.29, 0.717) is 18.7 Å². The van der Waals surface area contributed by atoms with Crippen molar-refractivity contribution in [1.82, 2.24) is 14.9 Å². The van der Waals surface area contributed by atoms with Gasteiger partial charge < -0.3 is 19.8 Å². The van der Waals surface area contributed by atoms with Gasteiger partial charge in [0.1, 0.15) is 0 Å². The smallest absolute Gasteiger partial charge is 0.475 e. The molecule has 15 heteroatoms. The molecule has 1 amide bonds. The molecule has 2 aromatic rings. The summed E-state index contributed by atoms with van der Waals surface area (Å²) in [6.07, 6.45) is 0.0306. The van der Waals surface area contributed by atoms with Gasteiger partial charge in [0.25, 0.3) is 5.91 Å². The predicted molar refractivity (Wildman–Crippen MR) is 119 cm³/mol.